The van der Waals surface area contributed by atoms with Gasteiger partial charge in [-0.15, -0.1) is 0 Å². The van der Waals surface area contributed by atoms with Crippen molar-refractivity contribution >= 4 is 0 Å². The Morgan fingerprint density at radius 3 is 0.529 bits per heavy atom. The summed E-state index contributed by atoms with van der Waals surface area (Å²) in [6.07, 6.45) is 0. The molecule has 0 radical (unpaired) electrons. The molecule has 5 heteroatoms. The summed E-state index contributed by atoms with van der Waals surface area (Å²) in [7, 11) is 8.00. The van der Waals surface area contributed by atoms with Crippen LogP contribution in [0.5, 0.6) is 0 Å². The SMILES string of the molecule is C.C.C.C.CC.CC.C[NH-].C[NH-].[CH2-]N.[CH2-]N.[Pt+4]. The summed E-state index contributed by atoms with van der Waals surface area (Å²) in [5.41, 5.74) is 20.0. The third-order valence-corrected chi connectivity index (χ3v) is 0. The van der Waals surface area contributed by atoms with Gasteiger partial charge in [0.05, 0.1) is 0 Å². The zero-order valence-electron chi connectivity index (χ0n) is 9.89. The van der Waals surface area contributed by atoms with E-state index in [0.717, 1.165) is 0 Å². The van der Waals surface area contributed by atoms with Crippen molar-refractivity contribution in [1.29, 1.82) is 0 Å². The van der Waals surface area contributed by atoms with Gasteiger partial charge in [0.1, 0.15) is 0 Å². The van der Waals surface area contributed by atoms with Gasteiger partial charge in [-0.25, -0.2) is 0 Å². The van der Waals surface area contributed by atoms with Crippen molar-refractivity contribution in [3.63, 3.8) is 0 Å². The summed E-state index contributed by atoms with van der Waals surface area (Å²) in [4.78, 5) is 0. The molecule has 0 saturated heterocycles. The molecule has 0 aromatic rings. The Morgan fingerprint density at radius 2 is 0.529 bits per heavy atom. The fourth-order valence-corrected chi connectivity index (χ4v) is 0. The molecule has 0 heterocycles. The van der Waals surface area contributed by atoms with Crippen molar-refractivity contribution in [3.8, 4) is 0 Å². The van der Waals surface area contributed by atoms with Crippen LogP contribution in [-0.4, -0.2) is 14.1 Å². The first-order valence-electron chi connectivity index (χ1n) is 3.82. The molecule has 122 valence electrons. The molecule has 0 fully saturated rings. The Hall–Kier alpha value is 0.528. The van der Waals surface area contributed by atoms with Crippen LogP contribution >= 0.6 is 0 Å². The van der Waals surface area contributed by atoms with Gasteiger partial charge in [-0.2, -0.15) is 14.1 Å². The molecule has 4 nitrogen and oxygen atoms in total. The quantitative estimate of drug-likeness (QED) is 0.494. The van der Waals surface area contributed by atoms with Crippen LogP contribution in [-0.2, 0) is 21.1 Å². The monoisotopic (exact) mass is 439 g/mol. The summed E-state index contributed by atoms with van der Waals surface area (Å²) >= 11 is 0. The van der Waals surface area contributed by atoms with Gasteiger partial charge < -0.3 is 22.9 Å². The van der Waals surface area contributed by atoms with Gasteiger partial charge in [-0.1, -0.05) is 57.4 Å². The van der Waals surface area contributed by atoms with Gasteiger partial charge >= 0.3 is 21.1 Å². The van der Waals surface area contributed by atoms with Crippen LogP contribution in [0.1, 0.15) is 57.4 Å². The fourth-order valence-electron chi connectivity index (χ4n) is 0. The zero-order valence-corrected chi connectivity index (χ0v) is 12.2. The third-order valence-electron chi connectivity index (χ3n) is 0. The normalized spacial score (nSPS) is 2.12. The van der Waals surface area contributed by atoms with E-state index in [1.54, 1.807) is 0 Å². The predicted octanol–water partition coefficient (Wildman–Crippen LogP) is 5.40. The molecule has 0 saturated carbocycles. The van der Waals surface area contributed by atoms with E-state index >= 15 is 0 Å². The largest absolute Gasteiger partial charge is 4.00 e. The smallest absolute Gasteiger partial charge is 0.680 e. The van der Waals surface area contributed by atoms with Crippen LogP contribution in [0.25, 0.3) is 11.5 Å². The average Bonchev–Trinajstić information content (AvgIpc) is 2.33. The Balaban J connectivity index is -0.00000000267. The van der Waals surface area contributed by atoms with E-state index in [9.17, 15) is 0 Å². The standard InChI is InChI=1S/2C2H6.4CH4N.4CH4.Pt/c6*1-2;;;;;/h2*1-2H3;2*2H,1H3;2*1-2H2;4*1H4;/q;;4*-1;;;;;+4. The summed E-state index contributed by atoms with van der Waals surface area (Å²) in [6.45, 7) is 8.00. The van der Waals surface area contributed by atoms with E-state index in [-0.39, 0.29) is 50.8 Å². The molecule has 0 aliphatic carbocycles. The molecular weight excluding hydrogens is 395 g/mol. The summed E-state index contributed by atoms with van der Waals surface area (Å²) in [5, 5.41) is 0. The predicted molar refractivity (Wildman–Crippen MR) is 89.2 cm³/mol. The molecule has 0 rings (SSSR count). The minimum atomic E-state index is 0. The minimum Gasteiger partial charge on any atom is -0.680 e. The van der Waals surface area contributed by atoms with E-state index in [4.69, 9.17) is 11.5 Å². The Labute approximate surface area is 130 Å². The Bertz CT molecular complexity index is 18.5. The first-order valence-corrected chi connectivity index (χ1v) is 3.82. The van der Waals surface area contributed by atoms with Gasteiger partial charge in [-0.05, 0) is 0 Å². The van der Waals surface area contributed by atoms with E-state index in [2.05, 4.69) is 25.6 Å². The van der Waals surface area contributed by atoms with Crippen molar-refractivity contribution in [2.45, 2.75) is 57.4 Å². The van der Waals surface area contributed by atoms with Crippen molar-refractivity contribution in [1.82, 2.24) is 0 Å². The summed E-state index contributed by atoms with van der Waals surface area (Å²) < 4.78 is 0. The van der Waals surface area contributed by atoms with Gasteiger partial charge in [0.15, 0.2) is 0 Å². The molecule has 17 heavy (non-hydrogen) atoms. The van der Waals surface area contributed by atoms with Gasteiger partial charge in [0.2, 0.25) is 0 Å². The molecule has 0 aromatic carbocycles. The van der Waals surface area contributed by atoms with Crippen LogP contribution < -0.4 is 11.5 Å². The number of rotatable bonds is 0. The number of nitrogens with one attached hydrogen (secondary N) is 2. The van der Waals surface area contributed by atoms with Crippen LogP contribution in [0.2, 0.25) is 0 Å². The van der Waals surface area contributed by atoms with E-state index in [1.807, 2.05) is 27.7 Å². The van der Waals surface area contributed by atoms with Crippen LogP contribution in [0.4, 0.5) is 0 Å². The van der Waals surface area contributed by atoms with E-state index in [0.29, 0.717) is 0 Å². The molecule has 0 atom stereocenters. The molecule has 0 bridgehead atoms. The molecule has 0 aliphatic rings. The Morgan fingerprint density at radius 1 is 0.529 bits per heavy atom. The molecule has 0 amide bonds. The van der Waals surface area contributed by atoms with E-state index in [1.165, 1.54) is 14.1 Å². The van der Waals surface area contributed by atoms with Crippen molar-refractivity contribution in [2.75, 3.05) is 14.1 Å². The number of hydrogen-bond donors (Lipinski definition) is 2. The van der Waals surface area contributed by atoms with Gasteiger partial charge in [0.25, 0.3) is 0 Å². The van der Waals surface area contributed by atoms with Crippen molar-refractivity contribution in [2.24, 2.45) is 11.5 Å². The van der Waals surface area contributed by atoms with Gasteiger partial charge in [-0.3, -0.25) is 14.1 Å². The maximum Gasteiger partial charge on any atom is 4.00 e. The summed E-state index contributed by atoms with van der Waals surface area (Å²) in [5.74, 6) is 0. The Kier molecular flexibility index (Phi) is 94400. The zero-order chi connectivity index (χ0) is 12.0. The van der Waals surface area contributed by atoms with Crippen molar-refractivity contribution < 1.29 is 21.1 Å². The maximum atomic E-state index is 5.75. The third kappa shape index (κ3) is 12500. The maximum absolute atomic E-state index is 5.75. The topological polar surface area (TPSA) is 99.6 Å². The molecule has 0 unspecified atom stereocenters. The average molecular weight is 440 g/mol. The van der Waals surface area contributed by atoms with Crippen LogP contribution in [0.15, 0.2) is 0 Å². The van der Waals surface area contributed by atoms with Crippen molar-refractivity contribution in [3.05, 3.63) is 25.6 Å². The first-order chi connectivity index (χ1) is 6.00. The molecule has 0 aromatic heterocycles. The second kappa shape index (κ2) is 14300. The molecule has 6 N–H and O–H groups in total. The fraction of sp³-hybridized carbons (Fsp3) is 0.833. The second-order valence-electron chi connectivity index (χ2n) is 0. The number of nitrogens with two attached hydrogens (primary N) is 2. The van der Waals surface area contributed by atoms with E-state index < -0.39 is 0 Å². The van der Waals surface area contributed by atoms with Gasteiger partial charge in [0, 0.05) is 0 Å². The molecular formula is C12H44N4Pt. The molecule has 0 aliphatic heterocycles. The summed E-state index contributed by atoms with van der Waals surface area (Å²) in [6, 6.07) is 0. The van der Waals surface area contributed by atoms with Crippen LogP contribution in [0.3, 0.4) is 0 Å². The first kappa shape index (κ1) is 112. The molecule has 0 spiro atoms. The second-order valence-corrected chi connectivity index (χ2v) is 0. The number of hydrogen-bond acceptors (Lipinski definition) is 2. The minimum absolute atomic E-state index is 0. The van der Waals surface area contributed by atoms with Crippen LogP contribution in [0, 0.1) is 14.1 Å².